The molecular weight excluding hydrogens is 275 g/mol. The van der Waals surface area contributed by atoms with Crippen molar-refractivity contribution in [2.75, 3.05) is 0 Å². The highest BCUT2D eigenvalue weighted by Crippen LogP contribution is 2.20. The number of halogens is 1. The number of benzene rings is 1. The molecule has 0 aliphatic rings. The van der Waals surface area contributed by atoms with E-state index in [0.29, 0.717) is 18.4 Å². The summed E-state index contributed by atoms with van der Waals surface area (Å²) in [4.78, 5) is 5.73. The zero-order chi connectivity index (χ0) is 14.5. The van der Waals surface area contributed by atoms with Gasteiger partial charge in [0, 0.05) is 17.5 Å². The Morgan fingerprint density at radius 1 is 1.30 bits per heavy atom. The molecule has 0 radical (unpaired) electrons. The first-order valence-electron chi connectivity index (χ1n) is 6.61. The monoisotopic (exact) mass is 294 g/mol. The molecule has 0 fully saturated rings. The Balaban J connectivity index is 1.93. The number of aromatic nitrogens is 1. The molecular formula is C15H19FN2OS. The lowest BCUT2D eigenvalue weighted by molar-refractivity contribution is 0.305. The van der Waals surface area contributed by atoms with Gasteiger partial charge in [0.25, 0.3) is 0 Å². The van der Waals surface area contributed by atoms with E-state index >= 15 is 0 Å². The molecule has 1 aromatic heterocycles. The van der Waals surface area contributed by atoms with E-state index < -0.39 is 0 Å². The first-order chi connectivity index (χ1) is 9.54. The second-order valence-corrected chi connectivity index (χ2v) is 6.06. The van der Waals surface area contributed by atoms with Crippen LogP contribution in [0.15, 0.2) is 24.3 Å². The topological polar surface area (TPSA) is 34.1 Å². The standard InChI is InChI=1S/C15H19FN2OS/c1-10(2)17-8-14-11(3)18-15(20-14)9-19-13-6-4-12(16)5-7-13/h4-7,10,17H,8-9H2,1-3H3. The van der Waals surface area contributed by atoms with Crippen LogP contribution in [0.1, 0.15) is 29.4 Å². The highest BCUT2D eigenvalue weighted by Gasteiger charge is 2.08. The van der Waals surface area contributed by atoms with Gasteiger partial charge in [-0.2, -0.15) is 0 Å². The lowest BCUT2D eigenvalue weighted by Crippen LogP contribution is -2.21. The van der Waals surface area contributed by atoms with Gasteiger partial charge in [0.2, 0.25) is 0 Å². The third-order valence-electron chi connectivity index (χ3n) is 2.78. The molecule has 2 aromatic rings. The van der Waals surface area contributed by atoms with Gasteiger partial charge in [0.05, 0.1) is 5.69 Å². The number of nitrogens with one attached hydrogen (secondary N) is 1. The molecule has 1 heterocycles. The first-order valence-corrected chi connectivity index (χ1v) is 7.43. The van der Waals surface area contributed by atoms with Gasteiger partial charge in [-0.25, -0.2) is 9.37 Å². The van der Waals surface area contributed by atoms with Crippen LogP contribution >= 0.6 is 11.3 Å². The second-order valence-electron chi connectivity index (χ2n) is 4.89. The summed E-state index contributed by atoms with van der Waals surface area (Å²) in [5.74, 6) is 0.394. The minimum Gasteiger partial charge on any atom is -0.486 e. The predicted molar refractivity (Wildman–Crippen MR) is 79.6 cm³/mol. The fourth-order valence-corrected chi connectivity index (χ4v) is 2.62. The van der Waals surface area contributed by atoms with Gasteiger partial charge in [-0.05, 0) is 31.2 Å². The Morgan fingerprint density at radius 3 is 2.65 bits per heavy atom. The Bertz CT molecular complexity index is 552. The van der Waals surface area contributed by atoms with Crippen molar-refractivity contribution in [3.05, 3.63) is 45.7 Å². The lowest BCUT2D eigenvalue weighted by Gasteiger charge is -2.06. The molecule has 1 N–H and O–H groups in total. The summed E-state index contributed by atoms with van der Waals surface area (Å²) < 4.78 is 18.4. The zero-order valence-corrected chi connectivity index (χ0v) is 12.8. The minimum atomic E-state index is -0.260. The van der Waals surface area contributed by atoms with E-state index in [2.05, 4.69) is 24.1 Å². The van der Waals surface area contributed by atoms with E-state index in [1.165, 1.54) is 17.0 Å². The van der Waals surface area contributed by atoms with Crippen molar-refractivity contribution >= 4 is 11.3 Å². The Labute approximate surface area is 122 Å². The number of rotatable bonds is 6. The smallest absolute Gasteiger partial charge is 0.140 e. The van der Waals surface area contributed by atoms with Gasteiger partial charge in [0.15, 0.2) is 0 Å². The second kappa shape index (κ2) is 6.81. The molecule has 20 heavy (non-hydrogen) atoms. The van der Waals surface area contributed by atoms with Crippen LogP contribution < -0.4 is 10.1 Å². The summed E-state index contributed by atoms with van der Waals surface area (Å²) in [6.07, 6.45) is 0. The largest absolute Gasteiger partial charge is 0.486 e. The molecule has 0 aliphatic heterocycles. The van der Waals surface area contributed by atoms with E-state index in [-0.39, 0.29) is 5.82 Å². The Hall–Kier alpha value is -1.46. The first kappa shape index (κ1) is 14.9. The normalized spacial score (nSPS) is 11.1. The van der Waals surface area contributed by atoms with Crippen LogP contribution in [0, 0.1) is 12.7 Å². The molecule has 0 bridgehead atoms. The zero-order valence-electron chi connectivity index (χ0n) is 11.9. The third-order valence-corrected chi connectivity index (χ3v) is 3.91. The lowest BCUT2D eigenvalue weighted by atomic mass is 10.3. The maximum atomic E-state index is 12.8. The number of hydrogen-bond acceptors (Lipinski definition) is 4. The molecule has 1 aromatic carbocycles. The van der Waals surface area contributed by atoms with E-state index in [1.54, 1.807) is 23.5 Å². The van der Waals surface area contributed by atoms with Gasteiger partial charge in [0.1, 0.15) is 23.2 Å². The summed E-state index contributed by atoms with van der Waals surface area (Å²) in [6.45, 7) is 7.50. The van der Waals surface area contributed by atoms with Crippen LogP contribution in [0.3, 0.4) is 0 Å². The number of aryl methyl sites for hydroxylation is 1. The Kier molecular flexibility index (Phi) is 5.09. The van der Waals surface area contributed by atoms with E-state index in [1.807, 2.05) is 6.92 Å². The number of hydrogen-bond donors (Lipinski definition) is 1. The predicted octanol–water partition coefficient (Wildman–Crippen LogP) is 3.67. The molecule has 0 unspecified atom stereocenters. The summed E-state index contributed by atoms with van der Waals surface area (Å²) in [6, 6.07) is 6.48. The molecule has 0 saturated carbocycles. The Morgan fingerprint density at radius 2 is 2.00 bits per heavy atom. The molecule has 5 heteroatoms. The molecule has 2 rings (SSSR count). The third kappa shape index (κ3) is 4.28. The van der Waals surface area contributed by atoms with Gasteiger partial charge < -0.3 is 10.1 Å². The van der Waals surface area contributed by atoms with Crippen molar-refractivity contribution in [1.29, 1.82) is 0 Å². The van der Waals surface area contributed by atoms with Crippen molar-refractivity contribution in [2.45, 2.75) is 40.0 Å². The fraction of sp³-hybridized carbons (Fsp3) is 0.400. The highest BCUT2D eigenvalue weighted by molar-refractivity contribution is 7.11. The average Bonchev–Trinajstić information content (AvgIpc) is 2.76. The molecule has 0 saturated heterocycles. The van der Waals surface area contributed by atoms with E-state index in [0.717, 1.165) is 17.2 Å². The molecule has 108 valence electrons. The van der Waals surface area contributed by atoms with Gasteiger partial charge in [-0.1, -0.05) is 13.8 Å². The van der Waals surface area contributed by atoms with Crippen LogP contribution in [-0.4, -0.2) is 11.0 Å². The number of thiazole rings is 1. The van der Waals surface area contributed by atoms with Crippen molar-refractivity contribution in [3.8, 4) is 5.75 Å². The average molecular weight is 294 g/mol. The summed E-state index contributed by atoms with van der Waals surface area (Å²) in [5.41, 5.74) is 1.04. The molecule has 0 aliphatic carbocycles. The van der Waals surface area contributed by atoms with Crippen LogP contribution in [0.2, 0.25) is 0 Å². The van der Waals surface area contributed by atoms with E-state index in [9.17, 15) is 4.39 Å². The molecule has 3 nitrogen and oxygen atoms in total. The SMILES string of the molecule is Cc1nc(COc2ccc(F)cc2)sc1CNC(C)C. The molecule has 0 amide bonds. The van der Waals surface area contributed by atoms with Crippen LogP contribution in [-0.2, 0) is 13.2 Å². The highest BCUT2D eigenvalue weighted by atomic mass is 32.1. The number of ether oxygens (including phenoxy) is 1. The van der Waals surface area contributed by atoms with Crippen LogP contribution in [0.4, 0.5) is 4.39 Å². The molecule has 0 atom stereocenters. The molecule has 0 spiro atoms. The van der Waals surface area contributed by atoms with Crippen molar-refractivity contribution in [2.24, 2.45) is 0 Å². The van der Waals surface area contributed by atoms with Gasteiger partial charge >= 0.3 is 0 Å². The van der Waals surface area contributed by atoms with Gasteiger partial charge in [-0.15, -0.1) is 11.3 Å². The summed E-state index contributed by atoms with van der Waals surface area (Å²) >= 11 is 1.65. The van der Waals surface area contributed by atoms with Crippen molar-refractivity contribution in [1.82, 2.24) is 10.3 Å². The fourth-order valence-electron chi connectivity index (χ4n) is 1.69. The van der Waals surface area contributed by atoms with Crippen LogP contribution in [0.5, 0.6) is 5.75 Å². The van der Waals surface area contributed by atoms with E-state index in [4.69, 9.17) is 4.74 Å². The summed E-state index contributed by atoms with van der Waals surface area (Å²) in [5, 5.41) is 4.32. The minimum absolute atomic E-state index is 0.260. The van der Waals surface area contributed by atoms with Crippen molar-refractivity contribution in [3.63, 3.8) is 0 Å². The van der Waals surface area contributed by atoms with Crippen molar-refractivity contribution < 1.29 is 9.13 Å². The quantitative estimate of drug-likeness (QED) is 0.882. The summed E-state index contributed by atoms with van der Waals surface area (Å²) in [7, 11) is 0. The van der Waals surface area contributed by atoms with Crippen LogP contribution in [0.25, 0.3) is 0 Å². The van der Waals surface area contributed by atoms with Gasteiger partial charge in [-0.3, -0.25) is 0 Å². The maximum Gasteiger partial charge on any atom is 0.140 e. The maximum absolute atomic E-state index is 12.8. The number of nitrogens with zero attached hydrogens (tertiary/aromatic N) is 1.